The molecule has 2 aromatic carbocycles. The second kappa shape index (κ2) is 9.34. The summed E-state index contributed by atoms with van der Waals surface area (Å²) in [5.41, 5.74) is 0.829. The van der Waals surface area contributed by atoms with Gasteiger partial charge in [0.25, 0.3) is 0 Å². The van der Waals surface area contributed by atoms with E-state index in [1.165, 1.54) is 0 Å². The fraction of sp³-hybridized carbons (Fsp3) is 0.211. The zero-order valence-electron chi connectivity index (χ0n) is 14.5. The lowest BCUT2D eigenvalue weighted by Crippen LogP contribution is -2.29. The van der Waals surface area contributed by atoms with Crippen LogP contribution in [0.2, 0.25) is 5.02 Å². The van der Waals surface area contributed by atoms with Crippen LogP contribution in [-0.2, 0) is 11.3 Å². The fourth-order valence-electron chi connectivity index (χ4n) is 2.49. The minimum atomic E-state index is -0.137. The normalized spacial score (nSPS) is 10.6. The molecule has 8 heteroatoms. The molecule has 1 heterocycles. The molecule has 3 rings (SSSR count). The number of aromatic amines is 1. The van der Waals surface area contributed by atoms with Gasteiger partial charge in [0.15, 0.2) is 10.6 Å². The molecule has 0 aliphatic carbocycles. The molecule has 6 nitrogen and oxygen atoms in total. The van der Waals surface area contributed by atoms with Crippen molar-refractivity contribution in [2.45, 2.75) is 13.0 Å². The average molecular weight is 403 g/mol. The van der Waals surface area contributed by atoms with Gasteiger partial charge in [-0.05, 0) is 55.0 Å². The lowest BCUT2D eigenvalue weighted by molar-refractivity contribution is -0.121. The van der Waals surface area contributed by atoms with E-state index < -0.39 is 0 Å². The highest BCUT2D eigenvalue weighted by Crippen LogP contribution is 2.19. The van der Waals surface area contributed by atoms with Crippen molar-refractivity contribution in [2.24, 2.45) is 0 Å². The largest absolute Gasteiger partial charge is 0.494 e. The van der Waals surface area contributed by atoms with Crippen molar-refractivity contribution < 1.29 is 9.53 Å². The van der Waals surface area contributed by atoms with E-state index in [0.717, 1.165) is 11.3 Å². The van der Waals surface area contributed by atoms with E-state index in [2.05, 4.69) is 15.5 Å². The molecule has 0 saturated carbocycles. The van der Waals surface area contributed by atoms with Crippen LogP contribution in [0.3, 0.4) is 0 Å². The summed E-state index contributed by atoms with van der Waals surface area (Å²) in [4.78, 5) is 12.3. The lowest BCUT2D eigenvalue weighted by atomic mass is 10.2. The number of aromatic nitrogens is 3. The van der Waals surface area contributed by atoms with Crippen molar-refractivity contribution >= 4 is 29.7 Å². The quantitative estimate of drug-likeness (QED) is 0.443. The van der Waals surface area contributed by atoms with Crippen LogP contribution in [0, 0.1) is 4.77 Å². The summed E-state index contributed by atoms with van der Waals surface area (Å²) >= 11 is 11.2. The van der Waals surface area contributed by atoms with Gasteiger partial charge in [0.05, 0.1) is 6.61 Å². The molecule has 0 radical (unpaired) electrons. The Balaban J connectivity index is 1.50. The molecule has 0 fully saturated rings. The van der Waals surface area contributed by atoms with Crippen LogP contribution < -0.4 is 10.1 Å². The maximum atomic E-state index is 12.3. The molecule has 1 amide bonds. The molecule has 0 atom stereocenters. The highest BCUT2D eigenvalue weighted by molar-refractivity contribution is 7.71. The molecule has 3 aromatic rings. The highest BCUT2D eigenvalue weighted by atomic mass is 35.5. The van der Waals surface area contributed by atoms with Crippen LogP contribution in [0.25, 0.3) is 11.4 Å². The van der Waals surface area contributed by atoms with Crippen molar-refractivity contribution in [1.29, 1.82) is 0 Å². The number of amides is 1. The highest BCUT2D eigenvalue weighted by Gasteiger charge is 2.12. The van der Waals surface area contributed by atoms with Crippen LogP contribution in [-0.4, -0.2) is 33.8 Å². The summed E-state index contributed by atoms with van der Waals surface area (Å²) in [7, 11) is 0. The van der Waals surface area contributed by atoms with Crippen molar-refractivity contribution in [1.82, 2.24) is 20.1 Å². The molecule has 1 aromatic heterocycles. The fourth-order valence-corrected chi connectivity index (χ4v) is 2.81. The monoisotopic (exact) mass is 402 g/mol. The predicted octanol–water partition coefficient (Wildman–Crippen LogP) is 3.85. The van der Waals surface area contributed by atoms with Gasteiger partial charge in [0.2, 0.25) is 5.91 Å². The van der Waals surface area contributed by atoms with E-state index >= 15 is 0 Å². The van der Waals surface area contributed by atoms with Crippen molar-refractivity contribution in [3.8, 4) is 17.1 Å². The zero-order chi connectivity index (χ0) is 19.1. The predicted molar refractivity (Wildman–Crippen MR) is 107 cm³/mol. The Morgan fingerprint density at radius 2 is 1.93 bits per heavy atom. The Morgan fingerprint density at radius 3 is 2.67 bits per heavy atom. The maximum Gasteiger partial charge on any atom is 0.240 e. The first-order valence-corrected chi connectivity index (χ1v) is 9.28. The smallest absolute Gasteiger partial charge is 0.240 e. The summed E-state index contributed by atoms with van der Waals surface area (Å²) in [6.45, 7) is 1.14. The van der Waals surface area contributed by atoms with Crippen LogP contribution in [0.4, 0.5) is 0 Å². The number of hydrogen-bond donors (Lipinski definition) is 2. The number of benzene rings is 2. The van der Waals surface area contributed by atoms with Crippen molar-refractivity contribution in [2.75, 3.05) is 13.2 Å². The van der Waals surface area contributed by atoms with Crippen LogP contribution in [0.1, 0.15) is 6.42 Å². The number of para-hydroxylation sites is 1. The first-order chi connectivity index (χ1) is 13.1. The van der Waals surface area contributed by atoms with Crippen molar-refractivity contribution in [3.63, 3.8) is 0 Å². The number of halogens is 1. The number of rotatable bonds is 8. The molecule has 2 N–H and O–H groups in total. The van der Waals surface area contributed by atoms with Crippen molar-refractivity contribution in [3.05, 3.63) is 64.4 Å². The number of carbonyl (C=O) groups excluding carboxylic acids is 1. The summed E-state index contributed by atoms with van der Waals surface area (Å²) < 4.78 is 7.65. The van der Waals surface area contributed by atoms with E-state index in [0.29, 0.717) is 35.2 Å². The van der Waals surface area contributed by atoms with Gasteiger partial charge in [0, 0.05) is 17.1 Å². The molecule has 140 valence electrons. The van der Waals surface area contributed by atoms with E-state index in [1.54, 1.807) is 16.7 Å². The number of ether oxygens (including phenoxy) is 1. The van der Waals surface area contributed by atoms with E-state index in [9.17, 15) is 4.79 Å². The number of nitrogens with one attached hydrogen (secondary N) is 2. The van der Waals surface area contributed by atoms with Gasteiger partial charge in [-0.25, -0.2) is 0 Å². The summed E-state index contributed by atoms with van der Waals surface area (Å²) in [6.07, 6.45) is 0.710. The van der Waals surface area contributed by atoms with E-state index in [1.807, 2.05) is 42.5 Å². The standard InChI is InChI=1S/C19H19ClN4O2S/c20-15-9-7-14(8-10-15)18-22-23-19(27)24(18)13-17(25)21-11-4-12-26-16-5-2-1-3-6-16/h1-3,5-10H,4,11-13H2,(H,21,25)(H,23,27). The third-order valence-corrected chi connectivity index (χ3v) is 4.38. The minimum Gasteiger partial charge on any atom is -0.494 e. The third kappa shape index (κ3) is 5.42. The number of hydrogen-bond acceptors (Lipinski definition) is 4. The second-order valence-electron chi connectivity index (χ2n) is 5.81. The van der Waals surface area contributed by atoms with Gasteiger partial charge in [-0.3, -0.25) is 14.5 Å². The molecule has 0 saturated heterocycles. The summed E-state index contributed by atoms with van der Waals surface area (Å²) in [5.74, 6) is 1.28. The molecular formula is C19H19ClN4O2S. The summed E-state index contributed by atoms with van der Waals surface area (Å²) in [6, 6.07) is 16.8. The first kappa shape index (κ1) is 19.1. The minimum absolute atomic E-state index is 0.0901. The van der Waals surface area contributed by atoms with E-state index in [-0.39, 0.29) is 12.5 Å². The average Bonchev–Trinajstić information content (AvgIpc) is 3.03. The lowest BCUT2D eigenvalue weighted by Gasteiger charge is -2.09. The number of nitrogens with zero attached hydrogens (tertiary/aromatic N) is 2. The van der Waals surface area contributed by atoms with Crippen LogP contribution in [0.5, 0.6) is 5.75 Å². The third-order valence-electron chi connectivity index (χ3n) is 3.82. The zero-order valence-corrected chi connectivity index (χ0v) is 16.1. The number of H-pyrrole nitrogens is 1. The van der Waals surface area contributed by atoms with Gasteiger partial charge in [-0.2, -0.15) is 5.10 Å². The molecular weight excluding hydrogens is 384 g/mol. The molecule has 27 heavy (non-hydrogen) atoms. The Kier molecular flexibility index (Phi) is 6.62. The van der Waals surface area contributed by atoms with Gasteiger partial charge < -0.3 is 10.1 Å². The molecule has 0 aliphatic rings. The maximum absolute atomic E-state index is 12.3. The van der Waals surface area contributed by atoms with Gasteiger partial charge >= 0.3 is 0 Å². The van der Waals surface area contributed by atoms with Gasteiger partial charge in [-0.15, -0.1) is 0 Å². The Bertz CT molecular complexity index is 938. The molecule has 0 bridgehead atoms. The topological polar surface area (TPSA) is 71.9 Å². The van der Waals surface area contributed by atoms with Gasteiger partial charge in [0.1, 0.15) is 12.3 Å². The molecule has 0 unspecified atom stereocenters. The Morgan fingerprint density at radius 1 is 1.19 bits per heavy atom. The second-order valence-corrected chi connectivity index (χ2v) is 6.63. The van der Waals surface area contributed by atoms with Gasteiger partial charge in [-0.1, -0.05) is 29.8 Å². The Hall–Kier alpha value is -2.64. The van der Waals surface area contributed by atoms with E-state index in [4.69, 9.17) is 28.6 Å². The molecule has 0 spiro atoms. The summed E-state index contributed by atoms with van der Waals surface area (Å²) in [5, 5.41) is 10.5. The number of carbonyl (C=O) groups is 1. The van der Waals surface area contributed by atoms with Crippen LogP contribution in [0.15, 0.2) is 54.6 Å². The van der Waals surface area contributed by atoms with Crippen LogP contribution >= 0.6 is 23.8 Å². The molecule has 0 aliphatic heterocycles. The first-order valence-electron chi connectivity index (χ1n) is 8.49. The SMILES string of the molecule is O=C(Cn1c(-c2ccc(Cl)cc2)n[nH]c1=S)NCCCOc1ccccc1. The Labute approximate surface area is 167 Å².